The first-order valence-corrected chi connectivity index (χ1v) is 4.72. The molecular weight excluding hydrogens is 250 g/mol. The quantitative estimate of drug-likeness (QED) is 0.350. The zero-order chi connectivity index (χ0) is 12.5. The molecule has 0 spiro atoms. The van der Waals surface area contributed by atoms with Gasteiger partial charge in [0.2, 0.25) is 5.82 Å². The highest BCUT2D eigenvalue weighted by Crippen LogP contribution is 2.39. The third-order valence-corrected chi connectivity index (χ3v) is 2.56. The zero-order valence-electron chi connectivity index (χ0n) is 7.84. The normalized spacial score (nSPS) is 11.6. The molecule has 0 atom stereocenters. The van der Waals surface area contributed by atoms with Crippen molar-refractivity contribution in [2.24, 2.45) is 0 Å². The van der Waals surface area contributed by atoms with Gasteiger partial charge in [-0.3, -0.25) is 10.1 Å². The van der Waals surface area contributed by atoms with E-state index in [-0.39, 0.29) is 10.5 Å². The number of nitrogens with zero attached hydrogens (tertiary/aromatic N) is 1. The van der Waals surface area contributed by atoms with Crippen molar-refractivity contribution in [2.75, 3.05) is 0 Å². The molecule has 0 saturated carbocycles. The van der Waals surface area contributed by atoms with Crippen LogP contribution in [0.15, 0.2) is 17.0 Å². The fraction of sp³-hybridized carbons (Fsp3) is 0.250. The molecule has 0 radical (unpaired) electrons. The predicted molar refractivity (Wildman–Crippen MR) is 49.7 cm³/mol. The summed E-state index contributed by atoms with van der Waals surface area (Å²) in [7, 11) is 0. The van der Waals surface area contributed by atoms with Crippen LogP contribution in [0.4, 0.5) is 23.2 Å². The minimum atomic E-state index is -4.55. The Kier molecular flexibility index (Phi) is 3.41. The minimum absolute atomic E-state index is 0.00965. The van der Waals surface area contributed by atoms with Gasteiger partial charge in [-0.05, 0) is 30.3 Å². The van der Waals surface area contributed by atoms with Crippen LogP contribution in [0.25, 0.3) is 0 Å². The molecule has 0 aliphatic carbocycles. The maximum Gasteiger partial charge on any atom is 0.446 e. The molecule has 1 rings (SSSR count). The highest BCUT2D eigenvalue weighted by Gasteiger charge is 2.31. The van der Waals surface area contributed by atoms with E-state index in [2.05, 4.69) is 0 Å². The van der Waals surface area contributed by atoms with Crippen molar-refractivity contribution in [3.63, 3.8) is 0 Å². The fourth-order valence-corrected chi connectivity index (χ4v) is 1.65. The number of nitro groups is 1. The summed E-state index contributed by atoms with van der Waals surface area (Å²) < 4.78 is 49.1. The molecule has 1 aromatic carbocycles. The number of hydrogen-bond acceptors (Lipinski definition) is 3. The Bertz CT molecular complexity index is 433. The number of rotatable bonds is 2. The van der Waals surface area contributed by atoms with Gasteiger partial charge in [0.25, 0.3) is 0 Å². The second-order valence-electron chi connectivity index (χ2n) is 2.87. The Morgan fingerprint density at radius 1 is 1.38 bits per heavy atom. The van der Waals surface area contributed by atoms with E-state index in [9.17, 15) is 27.7 Å². The van der Waals surface area contributed by atoms with Gasteiger partial charge in [0.1, 0.15) is 0 Å². The lowest BCUT2D eigenvalue weighted by Gasteiger charge is -2.08. The topological polar surface area (TPSA) is 43.1 Å². The fourth-order valence-electron chi connectivity index (χ4n) is 1.02. The van der Waals surface area contributed by atoms with Crippen LogP contribution in [-0.4, -0.2) is 10.4 Å². The monoisotopic (exact) mass is 255 g/mol. The Morgan fingerprint density at radius 2 is 1.94 bits per heavy atom. The summed E-state index contributed by atoms with van der Waals surface area (Å²) in [5, 5.41) is 10.3. The summed E-state index contributed by atoms with van der Waals surface area (Å²) in [5.74, 6) is -1.28. The van der Waals surface area contributed by atoms with Gasteiger partial charge in [-0.25, -0.2) is 0 Å². The number of thioether (sulfide) groups is 1. The maximum absolute atomic E-state index is 13.0. The SMILES string of the molecule is Cc1cc([N+](=O)[O-])c(F)cc1SC(F)(F)F. The lowest BCUT2D eigenvalue weighted by molar-refractivity contribution is -0.387. The van der Waals surface area contributed by atoms with Gasteiger partial charge in [0.05, 0.1) is 4.92 Å². The molecule has 16 heavy (non-hydrogen) atoms. The van der Waals surface area contributed by atoms with Crippen molar-refractivity contribution in [2.45, 2.75) is 17.3 Å². The van der Waals surface area contributed by atoms with E-state index in [1.54, 1.807) is 0 Å². The summed E-state index contributed by atoms with van der Waals surface area (Å²) in [4.78, 5) is 8.95. The lowest BCUT2D eigenvalue weighted by atomic mass is 10.2. The summed E-state index contributed by atoms with van der Waals surface area (Å²) >= 11 is -0.501. The Morgan fingerprint density at radius 3 is 2.38 bits per heavy atom. The summed E-state index contributed by atoms with van der Waals surface area (Å²) in [6, 6.07) is 1.30. The average Bonchev–Trinajstić information content (AvgIpc) is 2.07. The van der Waals surface area contributed by atoms with E-state index in [0.29, 0.717) is 6.07 Å². The van der Waals surface area contributed by atoms with Crippen LogP contribution in [-0.2, 0) is 0 Å². The zero-order valence-corrected chi connectivity index (χ0v) is 8.66. The summed E-state index contributed by atoms with van der Waals surface area (Å²) in [6.45, 7) is 1.25. The van der Waals surface area contributed by atoms with Gasteiger partial charge >= 0.3 is 11.2 Å². The van der Waals surface area contributed by atoms with Crippen molar-refractivity contribution in [1.82, 2.24) is 0 Å². The van der Waals surface area contributed by atoms with Crippen molar-refractivity contribution < 1.29 is 22.5 Å². The van der Waals surface area contributed by atoms with E-state index in [1.807, 2.05) is 0 Å². The van der Waals surface area contributed by atoms with E-state index >= 15 is 0 Å². The first kappa shape index (κ1) is 12.8. The van der Waals surface area contributed by atoms with Crippen LogP contribution in [0.3, 0.4) is 0 Å². The van der Waals surface area contributed by atoms with E-state index in [1.165, 1.54) is 6.92 Å². The molecule has 0 aliphatic heterocycles. The molecule has 0 fully saturated rings. The number of nitro benzene ring substituents is 1. The van der Waals surface area contributed by atoms with Gasteiger partial charge in [0, 0.05) is 11.0 Å². The second-order valence-corrected chi connectivity index (χ2v) is 3.98. The van der Waals surface area contributed by atoms with E-state index < -0.39 is 33.7 Å². The van der Waals surface area contributed by atoms with Gasteiger partial charge in [0.15, 0.2) is 0 Å². The Labute approximate surface area is 91.6 Å². The molecular formula is C8H5F4NO2S. The van der Waals surface area contributed by atoms with Crippen LogP contribution in [0.1, 0.15) is 5.56 Å². The van der Waals surface area contributed by atoms with Gasteiger partial charge in [-0.15, -0.1) is 0 Å². The van der Waals surface area contributed by atoms with Crippen LogP contribution in [0, 0.1) is 22.9 Å². The largest absolute Gasteiger partial charge is 0.446 e. The van der Waals surface area contributed by atoms with Crippen LogP contribution in [0.5, 0.6) is 0 Å². The van der Waals surface area contributed by atoms with Crippen molar-refractivity contribution >= 4 is 17.4 Å². The number of halogens is 4. The van der Waals surface area contributed by atoms with Crippen molar-refractivity contribution in [1.29, 1.82) is 0 Å². The van der Waals surface area contributed by atoms with E-state index in [0.717, 1.165) is 6.07 Å². The highest BCUT2D eigenvalue weighted by atomic mass is 32.2. The molecule has 0 aromatic heterocycles. The number of benzene rings is 1. The third kappa shape index (κ3) is 3.09. The van der Waals surface area contributed by atoms with Crippen molar-refractivity contribution in [3.8, 4) is 0 Å². The standard InChI is InChI=1S/C8H5F4NO2S/c1-4-2-6(13(14)15)5(9)3-7(4)16-8(10,11)12/h2-3H,1H3. The van der Waals surface area contributed by atoms with Gasteiger partial charge in [-0.2, -0.15) is 17.6 Å². The first-order valence-electron chi connectivity index (χ1n) is 3.91. The molecule has 0 saturated heterocycles. The first-order chi connectivity index (χ1) is 7.20. The van der Waals surface area contributed by atoms with Gasteiger partial charge < -0.3 is 0 Å². The van der Waals surface area contributed by atoms with Crippen LogP contribution in [0.2, 0.25) is 0 Å². The minimum Gasteiger partial charge on any atom is -0.258 e. The molecule has 0 aliphatic rings. The molecule has 0 amide bonds. The van der Waals surface area contributed by atoms with E-state index in [4.69, 9.17) is 0 Å². The summed E-state index contributed by atoms with van der Waals surface area (Å²) in [5.41, 5.74) is -5.37. The number of aryl methyl sites for hydroxylation is 1. The maximum atomic E-state index is 13.0. The van der Waals surface area contributed by atoms with Crippen molar-refractivity contribution in [3.05, 3.63) is 33.6 Å². The van der Waals surface area contributed by atoms with Crippen LogP contribution >= 0.6 is 11.8 Å². The molecule has 0 N–H and O–H groups in total. The molecule has 1 aromatic rings. The van der Waals surface area contributed by atoms with Crippen LogP contribution < -0.4 is 0 Å². The Balaban J connectivity index is 3.16. The Hall–Kier alpha value is -1.31. The molecule has 0 unspecified atom stereocenters. The molecule has 88 valence electrons. The summed E-state index contributed by atoms with van der Waals surface area (Å²) in [6.07, 6.45) is 0. The number of alkyl halides is 3. The highest BCUT2D eigenvalue weighted by molar-refractivity contribution is 8.00. The molecule has 0 bridgehead atoms. The molecule has 3 nitrogen and oxygen atoms in total. The molecule has 0 heterocycles. The van der Waals surface area contributed by atoms with Gasteiger partial charge in [-0.1, -0.05) is 0 Å². The second kappa shape index (κ2) is 4.28. The lowest BCUT2D eigenvalue weighted by Crippen LogP contribution is -2.01. The smallest absolute Gasteiger partial charge is 0.258 e. The third-order valence-electron chi connectivity index (χ3n) is 1.67. The molecule has 8 heteroatoms. The number of hydrogen-bond donors (Lipinski definition) is 0. The average molecular weight is 255 g/mol. The predicted octanol–water partition coefficient (Wildman–Crippen LogP) is 3.65.